The second-order valence-electron chi connectivity index (χ2n) is 9.76. The Morgan fingerprint density at radius 2 is 1.40 bits per heavy atom. The van der Waals surface area contributed by atoms with Crippen LogP contribution in [0.3, 0.4) is 0 Å². The maximum absolute atomic E-state index is 2.65. The second-order valence-corrected chi connectivity index (χ2v) is 13.8. The Balaban J connectivity index is 1.76. The molecule has 1 fully saturated rings. The summed E-state index contributed by atoms with van der Waals surface area (Å²) >= 11 is 0. The van der Waals surface area contributed by atoms with Gasteiger partial charge in [0, 0.05) is 5.25 Å². The minimum absolute atomic E-state index is 0.681. The van der Waals surface area contributed by atoms with E-state index in [4.69, 9.17) is 0 Å². The Bertz CT molecular complexity index is 712. The Morgan fingerprint density at radius 3 is 2.00 bits per heavy atom. The van der Waals surface area contributed by atoms with Crippen LogP contribution in [-0.4, -0.2) is 17.8 Å². The van der Waals surface area contributed by atoms with Crippen LogP contribution in [0.15, 0.2) is 17.7 Å². The maximum atomic E-state index is 2.65. The van der Waals surface area contributed by atoms with Crippen LogP contribution in [0.2, 0.25) is 0 Å². The Kier molecular flexibility index (Phi) is 4.19. The van der Waals surface area contributed by atoms with E-state index in [1.165, 1.54) is 19.3 Å². The van der Waals surface area contributed by atoms with Crippen molar-refractivity contribution in [1.82, 2.24) is 0 Å². The highest BCUT2D eigenvalue weighted by atomic mass is 32.3. The van der Waals surface area contributed by atoms with E-state index in [0.29, 0.717) is 5.25 Å². The molecule has 5 unspecified atom stereocenters. The summed E-state index contributed by atoms with van der Waals surface area (Å²) in [6.45, 7) is 12.5. The summed E-state index contributed by atoms with van der Waals surface area (Å²) in [6, 6.07) is 5.14. The van der Waals surface area contributed by atoms with Gasteiger partial charge in [0.2, 0.25) is 0 Å². The van der Waals surface area contributed by atoms with E-state index < -0.39 is 10.0 Å². The maximum Gasteiger partial charge on any atom is 0.0356 e. The number of rotatable bonds is 2. The van der Waals surface area contributed by atoms with Crippen LogP contribution in [0, 0.1) is 23.7 Å². The van der Waals surface area contributed by atoms with Crippen molar-refractivity contribution in [3.8, 4) is 0 Å². The number of aryl methyl sites for hydroxylation is 2. The zero-order chi connectivity index (χ0) is 18.1. The third kappa shape index (κ3) is 2.48. The van der Waals surface area contributed by atoms with Gasteiger partial charge in [0.25, 0.3) is 0 Å². The van der Waals surface area contributed by atoms with Crippen LogP contribution in [0.5, 0.6) is 0 Å². The van der Waals surface area contributed by atoms with Crippen LogP contribution < -0.4 is 0 Å². The predicted molar refractivity (Wildman–Crippen MR) is 115 cm³/mol. The van der Waals surface area contributed by atoms with Crippen molar-refractivity contribution in [1.29, 1.82) is 0 Å². The molecule has 4 rings (SSSR count). The fourth-order valence-electron chi connectivity index (χ4n) is 6.69. The van der Waals surface area contributed by atoms with Crippen molar-refractivity contribution >= 4 is 16.1 Å². The molecule has 1 aromatic rings. The molecule has 1 aromatic carbocycles. The van der Waals surface area contributed by atoms with E-state index in [0.717, 1.165) is 28.9 Å². The first-order valence-corrected chi connectivity index (χ1v) is 12.9. The van der Waals surface area contributed by atoms with Crippen LogP contribution in [0.25, 0.3) is 6.08 Å². The zero-order valence-electron chi connectivity index (χ0n) is 17.2. The van der Waals surface area contributed by atoms with Crippen LogP contribution in [0.4, 0.5) is 0 Å². The molecule has 0 bridgehead atoms. The van der Waals surface area contributed by atoms with Gasteiger partial charge in [0.05, 0.1) is 0 Å². The predicted octanol–water partition coefficient (Wildman–Crippen LogP) is 6.62. The van der Waals surface area contributed by atoms with Gasteiger partial charge in [-0.3, -0.25) is 0 Å². The second kappa shape index (κ2) is 5.91. The standard InChI is InChI=1S/C24H36S/c1-14-11-21-12-19-9-8-10-20(19)13-22(21)23(14)25(6,7)24-17(4)15(2)16(3)18(24)5/h11-13,15-18,23-24H,8-10H2,1-7H3. The molecule has 0 radical (unpaired) electrons. The first kappa shape index (κ1) is 17.7. The fraction of sp³-hybridized carbons (Fsp3) is 0.667. The van der Waals surface area contributed by atoms with Crippen LogP contribution in [-0.2, 0) is 12.8 Å². The summed E-state index contributed by atoms with van der Waals surface area (Å²) in [4.78, 5) is 0. The lowest BCUT2D eigenvalue weighted by atomic mass is 9.92. The molecule has 1 saturated carbocycles. The van der Waals surface area contributed by atoms with Gasteiger partial charge in [-0.15, -0.1) is 0 Å². The lowest BCUT2D eigenvalue weighted by Crippen LogP contribution is -2.30. The highest BCUT2D eigenvalue weighted by molar-refractivity contribution is 8.33. The first-order chi connectivity index (χ1) is 11.7. The van der Waals surface area contributed by atoms with Gasteiger partial charge in [-0.05, 0) is 89.9 Å². The highest BCUT2D eigenvalue weighted by Gasteiger charge is 2.50. The highest BCUT2D eigenvalue weighted by Crippen LogP contribution is 2.70. The lowest BCUT2D eigenvalue weighted by molar-refractivity contribution is 0.352. The monoisotopic (exact) mass is 356 g/mol. The SMILES string of the molecule is CC1=Cc2cc3c(cc2C1S(C)(C)C1C(C)C(C)C(C)C1C)CCC3. The molecule has 25 heavy (non-hydrogen) atoms. The summed E-state index contributed by atoms with van der Waals surface area (Å²) in [6.07, 6.45) is 11.8. The summed E-state index contributed by atoms with van der Waals surface area (Å²) < 4.78 is 0. The smallest absolute Gasteiger partial charge is 0.0356 e. The Labute approximate surface area is 156 Å². The van der Waals surface area contributed by atoms with Crippen LogP contribution >= 0.6 is 10.0 Å². The molecular formula is C24H36S. The average molecular weight is 357 g/mol. The van der Waals surface area contributed by atoms with Gasteiger partial charge in [-0.2, -0.15) is 0 Å². The summed E-state index contributed by atoms with van der Waals surface area (Å²) in [5.74, 6) is 3.41. The summed E-state index contributed by atoms with van der Waals surface area (Å²) in [5, 5.41) is 1.56. The minimum Gasteiger partial charge on any atom is -0.233 e. The minimum atomic E-state index is -0.751. The van der Waals surface area contributed by atoms with E-state index in [1.54, 1.807) is 27.8 Å². The normalized spacial score (nSPS) is 37.8. The molecule has 3 aliphatic rings. The number of hydrogen-bond acceptors (Lipinski definition) is 0. The van der Waals surface area contributed by atoms with E-state index in [1.807, 2.05) is 0 Å². The molecule has 0 nitrogen and oxygen atoms in total. The van der Waals surface area contributed by atoms with Crippen LogP contribution in [0.1, 0.15) is 68.5 Å². The summed E-state index contributed by atoms with van der Waals surface area (Å²) in [7, 11) is -0.751. The van der Waals surface area contributed by atoms with Crippen molar-refractivity contribution in [2.45, 2.75) is 64.4 Å². The Hall–Kier alpha value is -0.690. The zero-order valence-corrected chi connectivity index (χ0v) is 18.0. The van der Waals surface area contributed by atoms with Gasteiger partial charge in [0.1, 0.15) is 0 Å². The van der Waals surface area contributed by atoms with Gasteiger partial charge < -0.3 is 0 Å². The molecular weight excluding hydrogens is 320 g/mol. The number of benzene rings is 1. The van der Waals surface area contributed by atoms with Gasteiger partial charge in [-0.1, -0.05) is 51.5 Å². The molecule has 138 valence electrons. The topological polar surface area (TPSA) is 0 Å². The van der Waals surface area contributed by atoms with E-state index >= 15 is 0 Å². The van der Waals surface area contributed by atoms with Crippen molar-refractivity contribution < 1.29 is 0 Å². The molecule has 0 spiro atoms. The van der Waals surface area contributed by atoms with Gasteiger partial charge in [-0.25, -0.2) is 10.0 Å². The molecule has 0 amide bonds. The Morgan fingerprint density at radius 1 is 0.840 bits per heavy atom. The molecule has 0 aliphatic heterocycles. The van der Waals surface area contributed by atoms with Crippen molar-refractivity contribution in [2.75, 3.05) is 12.5 Å². The van der Waals surface area contributed by atoms with E-state index in [9.17, 15) is 0 Å². The lowest BCUT2D eigenvalue weighted by Gasteiger charge is -2.49. The van der Waals surface area contributed by atoms with Crippen molar-refractivity contribution in [3.63, 3.8) is 0 Å². The van der Waals surface area contributed by atoms with E-state index in [-0.39, 0.29) is 0 Å². The molecule has 0 saturated heterocycles. The number of fused-ring (bicyclic) bond motifs is 2. The quantitative estimate of drug-likeness (QED) is 0.558. The summed E-state index contributed by atoms with van der Waals surface area (Å²) in [5.41, 5.74) is 8.12. The number of hydrogen-bond donors (Lipinski definition) is 0. The molecule has 0 heterocycles. The fourth-order valence-corrected chi connectivity index (χ4v) is 11.6. The van der Waals surface area contributed by atoms with Gasteiger partial charge in [0.15, 0.2) is 0 Å². The van der Waals surface area contributed by atoms with E-state index in [2.05, 4.69) is 65.3 Å². The molecule has 0 aromatic heterocycles. The van der Waals surface area contributed by atoms with Crippen molar-refractivity contribution in [3.05, 3.63) is 40.0 Å². The first-order valence-electron chi connectivity index (χ1n) is 10.3. The molecule has 1 heteroatoms. The molecule has 0 N–H and O–H groups in total. The molecule has 5 atom stereocenters. The third-order valence-electron chi connectivity index (χ3n) is 8.21. The van der Waals surface area contributed by atoms with Gasteiger partial charge >= 0.3 is 0 Å². The largest absolute Gasteiger partial charge is 0.233 e. The average Bonchev–Trinajstić information content (AvgIpc) is 3.17. The molecule has 3 aliphatic carbocycles. The van der Waals surface area contributed by atoms with Crippen molar-refractivity contribution in [2.24, 2.45) is 23.7 Å². The third-order valence-corrected chi connectivity index (χ3v) is 12.3.